The number of rotatable bonds is 11. The van der Waals surface area contributed by atoms with Gasteiger partial charge in [-0.2, -0.15) is 19.0 Å². The van der Waals surface area contributed by atoms with Crippen LogP contribution < -0.4 is 10.1 Å². The van der Waals surface area contributed by atoms with Gasteiger partial charge in [-0.05, 0) is 50.4 Å². The number of likely N-dealkylation sites (N-methyl/N-ethyl adjacent to an activating group) is 2. The predicted octanol–water partition coefficient (Wildman–Crippen LogP) is 3.18. The Balaban J connectivity index is 1.39. The number of alkyl halides is 2. The van der Waals surface area contributed by atoms with Crippen LogP contribution in [0.4, 0.5) is 14.5 Å². The number of nitrogens with zero attached hydrogens (tertiary/aromatic N) is 8. The van der Waals surface area contributed by atoms with Crippen molar-refractivity contribution >= 4 is 40.8 Å². The number of amides is 3. The molecule has 16 heteroatoms. The number of carbonyl (C=O) groups is 3. The molecule has 5 rings (SSSR count). The minimum atomic E-state index is -3.09. The number of nitrogens with one attached hydrogen (secondary N) is 1. The van der Waals surface area contributed by atoms with Crippen molar-refractivity contribution in [3.63, 3.8) is 0 Å². The average Bonchev–Trinajstić information content (AvgIpc) is 3.65. The Morgan fingerprint density at radius 3 is 2.63 bits per heavy atom. The summed E-state index contributed by atoms with van der Waals surface area (Å²) in [4.78, 5) is 49.2. The van der Waals surface area contributed by atoms with Crippen LogP contribution in [-0.2, 0) is 16.1 Å². The number of hydrogen-bond donors (Lipinski definition) is 1. The van der Waals surface area contributed by atoms with Gasteiger partial charge in [0.15, 0.2) is 5.65 Å². The van der Waals surface area contributed by atoms with E-state index < -0.39 is 12.5 Å². The van der Waals surface area contributed by atoms with E-state index in [1.54, 1.807) is 48.3 Å². The third-order valence-electron chi connectivity index (χ3n) is 7.81. The van der Waals surface area contributed by atoms with Crippen LogP contribution in [0.25, 0.3) is 16.9 Å². The van der Waals surface area contributed by atoms with Gasteiger partial charge in [0.05, 0.1) is 18.4 Å². The van der Waals surface area contributed by atoms with E-state index in [1.807, 2.05) is 18.2 Å². The van der Waals surface area contributed by atoms with Gasteiger partial charge < -0.3 is 19.9 Å². The number of piperidine rings is 1. The molecule has 244 valence electrons. The van der Waals surface area contributed by atoms with Crippen LogP contribution in [0, 0.1) is 0 Å². The second-order valence-electron chi connectivity index (χ2n) is 11.0. The number of aromatic nitrogens is 5. The van der Waals surface area contributed by atoms with Crippen LogP contribution in [-0.4, -0.2) is 116 Å². The Labute approximate surface area is 268 Å². The summed E-state index contributed by atoms with van der Waals surface area (Å²) in [6.45, 7) is -1.92. The maximum Gasteiger partial charge on any atom is 0.387 e. The Kier molecular flexibility index (Phi) is 10.2. The molecule has 13 nitrogen and oxygen atoms in total. The normalized spacial score (nSPS) is 13.9. The minimum Gasteiger partial charge on any atom is -0.434 e. The highest BCUT2D eigenvalue weighted by molar-refractivity contribution is 7.98. The molecule has 0 bridgehead atoms. The first-order chi connectivity index (χ1) is 22.0. The standard InChI is InChI=1S/C30H35F2N9O4S/c1-37(2)25(42)17-38(3)19-8-12-39(13-9-19)26(43)18-40-16-23(35-29(44)22-15-34-41-11-5-10-33-28(22)41)27(36-40)21-14-20(46-4)6-7-24(21)45-30(31)32/h5-7,10-11,14-16,19,30H,8-9,12-13,17-18H2,1-4H3,(H,35,44). The molecule has 1 saturated heterocycles. The fraction of sp³-hybridized carbons (Fsp3) is 0.400. The third kappa shape index (κ3) is 7.45. The Morgan fingerprint density at radius 1 is 1.17 bits per heavy atom. The number of carbonyl (C=O) groups excluding carboxylic acids is 3. The molecule has 1 N–H and O–H groups in total. The van der Waals surface area contributed by atoms with E-state index >= 15 is 0 Å². The van der Waals surface area contributed by atoms with E-state index in [0.717, 1.165) is 4.90 Å². The third-order valence-corrected chi connectivity index (χ3v) is 8.54. The zero-order valence-corrected chi connectivity index (χ0v) is 26.7. The molecule has 4 aromatic rings. The van der Waals surface area contributed by atoms with Gasteiger partial charge in [-0.25, -0.2) is 9.50 Å². The molecular weight excluding hydrogens is 620 g/mol. The van der Waals surface area contributed by atoms with E-state index in [-0.39, 0.29) is 52.7 Å². The molecule has 1 fully saturated rings. The zero-order valence-electron chi connectivity index (χ0n) is 25.9. The molecular formula is C30H35F2N9O4S. The largest absolute Gasteiger partial charge is 0.434 e. The van der Waals surface area contributed by atoms with Gasteiger partial charge in [0.1, 0.15) is 23.6 Å². The average molecular weight is 656 g/mol. The van der Waals surface area contributed by atoms with Crippen molar-refractivity contribution in [2.45, 2.75) is 36.9 Å². The molecule has 0 aliphatic carbocycles. The maximum absolute atomic E-state index is 13.4. The summed E-state index contributed by atoms with van der Waals surface area (Å²) in [5.41, 5.74) is 1.09. The fourth-order valence-corrected chi connectivity index (χ4v) is 5.71. The molecule has 4 heterocycles. The predicted molar refractivity (Wildman–Crippen MR) is 168 cm³/mol. The van der Waals surface area contributed by atoms with Crippen LogP contribution in [0.5, 0.6) is 5.75 Å². The zero-order chi connectivity index (χ0) is 33.0. The summed E-state index contributed by atoms with van der Waals surface area (Å²) in [6, 6.07) is 6.55. The summed E-state index contributed by atoms with van der Waals surface area (Å²) < 4.78 is 34.4. The lowest BCUT2D eigenvalue weighted by Gasteiger charge is -2.36. The molecule has 1 aliphatic heterocycles. The van der Waals surface area contributed by atoms with Gasteiger partial charge in [0.25, 0.3) is 5.91 Å². The van der Waals surface area contributed by atoms with E-state index in [0.29, 0.717) is 38.1 Å². The topological polar surface area (TPSA) is 130 Å². The first-order valence-corrected chi connectivity index (χ1v) is 15.7. The number of likely N-dealkylation sites (tertiary alicyclic amines) is 1. The van der Waals surface area contributed by atoms with Gasteiger partial charge in [-0.1, -0.05) is 0 Å². The van der Waals surface area contributed by atoms with E-state index in [9.17, 15) is 23.2 Å². The first kappa shape index (κ1) is 32.8. The molecule has 0 saturated carbocycles. The molecule has 1 aliphatic rings. The first-order valence-electron chi connectivity index (χ1n) is 14.5. The van der Waals surface area contributed by atoms with Crippen molar-refractivity contribution < 1.29 is 27.9 Å². The van der Waals surface area contributed by atoms with Gasteiger partial charge in [0, 0.05) is 62.3 Å². The van der Waals surface area contributed by atoms with Crippen molar-refractivity contribution in [1.29, 1.82) is 0 Å². The molecule has 1 aromatic carbocycles. The Hall–Kier alpha value is -4.57. The van der Waals surface area contributed by atoms with Gasteiger partial charge >= 0.3 is 6.61 Å². The van der Waals surface area contributed by atoms with Gasteiger partial charge in [0.2, 0.25) is 11.8 Å². The van der Waals surface area contributed by atoms with Crippen LogP contribution in [0.15, 0.2) is 53.9 Å². The number of fused-ring (bicyclic) bond motifs is 1. The SMILES string of the molecule is CSc1ccc(OC(F)F)c(-c2nn(CC(=O)N3CCC(N(C)CC(=O)N(C)C)CC3)cc2NC(=O)c2cnn3cccnc23)c1. The highest BCUT2D eigenvalue weighted by Gasteiger charge is 2.28. The Morgan fingerprint density at radius 2 is 1.93 bits per heavy atom. The van der Waals surface area contributed by atoms with E-state index in [4.69, 9.17) is 4.74 Å². The molecule has 3 amide bonds. The lowest BCUT2D eigenvalue weighted by Crippen LogP contribution is -2.48. The summed E-state index contributed by atoms with van der Waals surface area (Å²) in [5.74, 6) is -0.846. The number of halogens is 2. The maximum atomic E-state index is 13.4. The second-order valence-corrected chi connectivity index (χ2v) is 11.9. The van der Waals surface area contributed by atoms with Crippen molar-refractivity contribution in [2.75, 3.05) is 52.3 Å². The lowest BCUT2D eigenvalue weighted by molar-refractivity contribution is -0.135. The molecule has 0 atom stereocenters. The van der Waals surface area contributed by atoms with Crippen molar-refractivity contribution in [3.8, 4) is 17.0 Å². The number of hydrogen-bond acceptors (Lipinski definition) is 9. The second kappa shape index (κ2) is 14.2. The van der Waals surface area contributed by atoms with E-state index in [1.165, 1.54) is 45.6 Å². The van der Waals surface area contributed by atoms with Crippen molar-refractivity contribution in [2.24, 2.45) is 0 Å². The van der Waals surface area contributed by atoms with Crippen molar-refractivity contribution in [3.05, 3.63) is 54.6 Å². The molecule has 0 spiro atoms. The lowest BCUT2D eigenvalue weighted by atomic mass is 10.0. The number of anilines is 1. The summed E-state index contributed by atoms with van der Waals surface area (Å²) >= 11 is 1.40. The molecule has 0 unspecified atom stereocenters. The van der Waals surface area contributed by atoms with Gasteiger partial charge in [-0.15, -0.1) is 11.8 Å². The van der Waals surface area contributed by atoms with Gasteiger partial charge in [-0.3, -0.25) is 24.0 Å². The molecule has 46 heavy (non-hydrogen) atoms. The van der Waals surface area contributed by atoms with Crippen LogP contribution in [0.2, 0.25) is 0 Å². The fourth-order valence-electron chi connectivity index (χ4n) is 5.27. The number of ether oxygens (including phenoxy) is 1. The summed E-state index contributed by atoms with van der Waals surface area (Å²) in [6.07, 6.45) is 9.31. The Bertz CT molecular complexity index is 1720. The van der Waals surface area contributed by atoms with Crippen LogP contribution in [0.1, 0.15) is 23.2 Å². The van der Waals surface area contributed by atoms with E-state index in [2.05, 4.69) is 20.5 Å². The smallest absolute Gasteiger partial charge is 0.387 e. The molecule has 3 aromatic heterocycles. The highest BCUT2D eigenvalue weighted by Crippen LogP contribution is 2.38. The van der Waals surface area contributed by atoms with Crippen LogP contribution in [0.3, 0.4) is 0 Å². The van der Waals surface area contributed by atoms with Crippen molar-refractivity contribution in [1.82, 2.24) is 39.1 Å². The van der Waals surface area contributed by atoms with Crippen LogP contribution >= 0.6 is 11.8 Å². The number of thioether (sulfide) groups is 1. The number of benzene rings is 1. The highest BCUT2D eigenvalue weighted by atomic mass is 32.2. The minimum absolute atomic E-state index is 0.0152. The summed E-state index contributed by atoms with van der Waals surface area (Å²) in [7, 11) is 5.35. The monoisotopic (exact) mass is 655 g/mol. The quantitative estimate of drug-likeness (QED) is 0.242. The summed E-state index contributed by atoms with van der Waals surface area (Å²) in [5, 5.41) is 11.6. The molecule has 0 radical (unpaired) electrons.